The number of anilines is 3. The van der Waals surface area contributed by atoms with Crippen LogP contribution in [-0.2, 0) is 11.2 Å². The molecule has 0 unspecified atom stereocenters. The smallest absolute Gasteiger partial charge is 0.311 e. The van der Waals surface area contributed by atoms with Crippen LogP contribution in [0.2, 0.25) is 0 Å². The van der Waals surface area contributed by atoms with Crippen molar-refractivity contribution in [1.82, 2.24) is 9.88 Å². The van der Waals surface area contributed by atoms with Gasteiger partial charge in [-0.15, -0.1) is 11.3 Å². The largest absolute Gasteiger partial charge is 0.489 e. The highest BCUT2D eigenvalue weighted by atomic mass is 32.1. The summed E-state index contributed by atoms with van der Waals surface area (Å²) in [5, 5.41) is 4.38. The molecule has 4 aromatic rings. The SMILES string of the molecule is CCC(=O)Oc1c(Nc2ccccc2C(=O)c2ccccc2)cccc1OCCc1nc(N2CCN(C)CC2)sc1C. The molecular formula is C33H36N4O4S. The number of rotatable bonds is 11. The first kappa shape index (κ1) is 29.3. The molecule has 0 atom stereocenters. The summed E-state index contributed by atoms with van der Waals surface area (Å²) in [4.78, 5) is 36.5. The highest BCUT2D eigenvalue weighted by Crippen LogP contribution is 2.38. The average Bonchev–Trinajstić information content (AvgIpc) is 3.39. The van der Waals surface area contributed by atoms with Crippen molar-refractivity contribution in [2.75, 3.05) is 50.1 Å². The van der Waals surface area contributed by atoms with Crippen LogP contribution < -0.4 is 19.7 Å². The molecule has 218 valence electrons. The van der Waals surface area contributed by atoms with Crippen LogP contribution >= 0.6 is 11.3 Å². The Morgan fingerprint density at radius 1 is 0.929 bits per heavy atom. The first-order chi connectivity index (χ1) is 20.4. The highest BCUT2D eigenvalue weighted by Gasteiger charge is 2.21. The number of ether oxygens (including phenoxy) is 2. The molecule has 0 aliphatic carbocycles. The van der Waals surface area contributed by atoms with Crippen LogP contribution in [0.25, 0.3) is 0 Å². The van der Waals surface area contributed by atoms with E-state index in [1.807, 2.05) is 48.5 Å². The Hall–Kier alpha value is -4.21. The van der Waals surface area contributed by atoms with Gasteiger partial charge in [0.2, 0.25) is 0 Å². The van der Waals surface area contributed by atoms with Crippen LogP contribution in [0, 0.1) is 6.92 Å². The number of piperazine rings is 1. The van der Waals surface area contributed by atoms with E-state index in [9.17, 15) is 9.59 Å². The molecule has 2 heterocycles. The maximum Gasteiger partial charge on any atom is 0.311 e. The van der Waals surface area contributed by atoms with Crippen LogP contribution in [0.5, 0.6) is 11.5 Å². The van der Waals surface area contributed by atoms with Gasteiger partial charge in [-0.2, -0.15) is 0 Å². The van der Waals surface area contributed by atoms with Gasteiger partial charge in [-0.05, 0) is 38.2 Å². The van der Waals surface area contributed by atoms with E-state index >= 15 is 0 Å². The van der Waals surface area contributed by atoms with Crippen molar-refractivity contribution in [3.63, 3.8) is 0 Å². The van der Waals surface area contributed by atoms with Crippen molar-refractivity contribution < 1.29 is 19.1 Å². The fourth-order valence-electron chi connectivity index (χ4n) is 4.73. The standard InChI is InChI=1S/C33H36N4O4S/c1-4-30(38)41-32-28(34-27-14-9-8-13-25(27)31(39)24-11-6-5-7-12-24)15-10-16-29(32)40-22-17-26-23(2)42-33(35-26)37-20-18-36(3)19-21-37/h5-16,34H,4,17-22H2,1-3H3. The van der Waals surface area contributed by atoms with E-state index in [1.54, 1.807) is 42.5 Å². The highest BCUT2D eigenvalue weighted by molar-refractivity contribution is 7.15. The summed E-state index contributed by atoms with van der Waals surface area (Å²) in [7, 11) is 2.15. The zero-order valence-electron chi connectivity index (χ0n) is 24.3. The number of thiazole rings is 1. The first-order valence-electron chi connectivity index (χ1n) is 14.2. The quantitative estimate of drug-likeness (QED) is 0.128. The number of hydrogen-bond acceptors (Lipinski definition) is 9. The van der Waals surface area contributed by atoms with Gasteiger partial charge in [0.15, 0.2) is 22.4 Å². The Morgan fingerprint density at radius 2 is 1.64 bits per heavy atom. The van der Waals surface area contributed by atoms with Crippen LogP contribution in [0.3, 0.4) is 0 Å². The lowest BCUT2D eigenvalue weighted by Crippen LogP contribution is -2.44. The lowest BCUT2D eigenvalue weighted by atomic mass is 10.0. The third-order valence-corrected chi connectivity index (χ3v) is 8.29. The van der Waals surface area contributed by atoms with E-state index < -0.39 is 0 Å². The summed E-state index contributed by atoms with van der Waals surface area (Å²) in [6.45, 7) is 8.24. The molecule has 0 amide bonds. The zero-order valence-corrected chi connectivity index (χ0v) is 25.1. The number of nitrogens with zero attached hydrogens (tertiary/aromatic N) is 3. The number of benzene rings is 3. The Kier molecular flexibility index (Phi) is 9.51. The van der Waals surface area contributed by atoms with E-state index in [2.05, 4.69) is 29.1 Å². The lowest BCUT2D eigenvalue weighted by molar-refractivity contribution is -0.134. The molecule has 1 saturated heterocycles. The van der Waals surface area contributed by atoms with Crippen LogP contribution in [0.15, 0.2) is 72.8 Å². The minimum absolute atomic E-state index is 0.104. The third-order valence-electron chi connectivity index (χ3n) is 7.21. The molecule has 9 heteroatoms. The zero-order chi connectivity index (χ0) is 29.5. The number of carbonyl (C=O) groups is 2. The number of likely N-dealkylation sites (N-methyl/N-ethyl adjacent to an activating group) is 1. The van der Waals surface area contributed by atoms with E-state index in [0.29, 0.717) is 47.0 Å². The number of aryl methyl sites for hydroxylation is 1. The molecule has 42 heavy (non-hydrogen) atoms. The molecule has 0 saturated carbocycles. The molecule has 1 fully saturated rings. The number of para-hydroxylation sites is 2. The number of esters is 1. The predicted octanol–water partition coefficient (Wildman–Crippen LogP) is 6.11. The third kappa shape index (κ3) is 6.98. The number of aromatic nitrogens is 1. The van der Waals surface area contributed by atoms with Crippen LogP contribution in [-0.4, -0.2) is 61.5 Å². The molecule has 8 nitrogen and oxygen atoms in total. The van der Waals surface area contributed by atoms with E-state index in [0.717, 1.165) is 37.0 Å². The van der Waals surface area contributed by atoms with Gasteiger partial charge in [0.25, 0.3) is 0 Å². The molecule has 5 rings (SSSR count). The van der Waals surface area contributed by atoms with E-state index in [-0.39, 0.29) is 18.2 Å². The predicted molar refractivity (Wildman–Crippen MR) is 168 cm³/mol. The molecule has 1 aliphatic heterocycles. The summed E-state index contributed by atoms with van der Waals surface area (Å²) in [6.07, 6.45) is 0.841. The minimum atomic E-state index is -0.380. The second kappa shape index (κ2) is 13.6. The topological polar surface area (TPSA) is 84.0 Å². The summed E-state index contributed by atoms with van der Waals surface area (Å²) in [5.74, 6) is 0.253. The lowest BCUT2D eigenvalue weighted by Gasteiger charge is -2.32. The minimum Gasteiger partial charge on any atom is -0.489 e. The summed E-state index contributed by atoms with van der Waals surface area (Å²) >= 11 is 1.72. The van der Waals surface area contributed by atoms with Gasteiger partial charge in [0.05, 0.1) is 18.0 Å². The van der Waals surface area contributed by atoms with Crippen LogP contribution in [0.1, 0.15) is 39.8 Å². The van der Waals surface area contributed by atoms with Crippen LogP contribution in [0.4, 0.5) is 16.5 Å². The maximum absolute atomic E-state index is 13.3. The van der Waals surface area contributed by atoms with E-state index in [1.165, 1.54) is 4.88 Å². The first-order valence-corrected chi connectivity index (χ1v) is 15.1. The summed E-state index contributed by atoms with van der Waals surface area (Å²) in [5.41, 5.74) is 3.26. The fraction of sp³-hybridized carbons (Fsp3) is 0.303. The Morgan fingerprint density at radius 3 is 2.40 bits per heavy atom. The number of ketones is 1. The van der Waals surface area contributed by atoms with Crippen molar-refractivity contribution >= 4 is 39.6 Å². The monoisotopic (exact) mass is 584 g/mol. The van der Waals surface area contributed by atoms with Gasteiger partial charge in [-0.25, -0.2) is 4.98 Å². The van der Waals surface area contributed by atoms with Crippen molar-refractivity contribution in [1.29, 1.82) is 0 Å². The maximum atomic E-state index is 13.3. The van der Waals surface area contributed by atoms with Gasteiger partial charge in [0.1, 0.15) is 0 Å². The second-order valence-electron chi connectivity index (χ2n) is 10.2. The average molecular weight is 585 g/mol. The van der Waals surface area contributed by atoms with Gasteiger partial charge in [-0.3, -0.25) is 9.59 Å². The van der Waals surface area contributed by atoms with Gasteiger partial charge >= 0.3 is 5.97 Å². The molecular weight excluding hydrogens is 548 g/mol. The molecule has 1 N–H and O–H groups in total. The van der Waals surface area contributed by atoms with Crippen molar-refractivity contribution in [2.24, 2.45) is 0 Å². The van der Waals surface area contributed by atoms with Gasteiger partial charge in [-0.1, -0.05) is 55.5 Å². The molecule has 0 spiro atoms. The summed E-state index contributed by atoms with van der Waals surface area (Å²) in [6, 6.07) is 21.9. The molecule has 1 aromatic heterocycles. The van der Waals surface area contributed by atoms with Crippen molar-refractivity contribution in [3.05, 3.63) is 94.5 Å². The van der Waals surface area contributed by atoms with Gasteiger partial charge < -0.3 is 24.6 Å². The Bertz CT molecular complexity index is 1530. The van der Waals surface area contributed by atoms with Gasteiger partial charge in [0, 0.05) is 60.7 Å². The number of carbonyl (C=O) groups excluding carboxylic acids is 2. The molecule has 3 aromatic carbocycles. The Labute approximate surface area is 250 Å². The Balaban J connectivity index is 1.34. The summed E-state index contributed by atoms with van der Waals surface area (Å²) < 4.78 is 12.0. The normalized spacial score (nSPS) is 13.5. The second-order valence-corrected chi connectivity index (χ2v) is 11.4. The molecule has 1 aliphatic rings. The molecule has 0 bridgehead atoms. The molecule has 0 radical (unpaired) electrons. The van der Waals surface area contributed by atoms with E-state index in [4.69, 9.17) is 14.5 Å². The number of hydrogen-bond donors (Lipinski definition) is 1. The number of nitrogens with one attached hydrogen (secondary N) is 1. The fourth-order valence-corrected chi connectivity index (χ4v) is 5.74. The van der Waals surface area contributed by atoms with Crippen molar-refractivity contribution in [3.8, 4) is 11.5 Å². The van der Waals surface area contributed by atoms with Crippen molar-refractivity contribution in [2.45, 2.75) is 26.7 Å².